The number of phenols is 2. The normalized spacial score (nSPS) is 18.4. The lowest BCUT2D eigenvalue weighted by Gasteiger charge is -2.28. The quantitative estimate of drug-likeness (QED) is 0.714. The summed E-state index contributed by atoms with van der Waals surface area (Å²) in [7, 11) is 0. The second-order valence-corrected chi connectivity index (χ2v) is 4.67. The molecule has 1 aliphatic carbocycles. The van der Waals surface area contributed by atoms with E-state index < -0.39 is 0 Å². The van der Waals surface area contributed by atoms with Gasteiger partial charge >= 0.3 is 0 Å². The van der Waals surface area contributed by atoms with Crippen LogP contribution < -0.4 is 5.73 Å². The van der Waals surface area contributed by atoms with Gasteiger partial charge in [-0.15, -0.1) is 12.4 Å². The van der Waals surface area contributed by atoms with E-state index in [0.29, 0.717) is 11.5 Å². The zero-order valence-electron chi connectivity index (χ0n) is 9.80. The predicted octanol–water partition coefficient (Wildman–Crippen LogP) is 3.10. The molecule has 1 fully saturated rings. The SMILES string of the molecule is Cl.N[C@H](c1cc(O)ccc1O)C1CCCCC1. The van der Waals surface area contributed by atoms with E-state index >= 15 is 0 Å². The van der Waals surface area contributed by atoms with Crippen molar-refractivity contribution in [2.75, 3.05) is 0 Å². The van der Waals surface area contributed by atoms with E-state index in [9.17, 15) is 10.2 Å². The average Bonchev–Trinajstić information content (AvgIpc) is 2.32. The smallest absolute Gasteiger partial charge is 0.120 e. The maximum atomic E-state index is 9.74. The van der Waals surface area contributed by atoms with E-state index in [4.69, 9.17) is 5.73 Å². The van der Waals surface area contributed by atoms with Crippen molar-refractivity contribution in [1.29, 1.82) is 0 Å². The van der Waals surface area contributed by atoms with Crippen LogP contribution in [0.1, 0.15) is 43.7 Å². The maximum absolute atomic E-state index is 9.74. The first-order valence-electron chi connectivity index (χ1n) is 5.96. The number of phenolic OH excluding ortho intramolecular Hbond substituents is 2. The second-order valence-electron chi connectivity index (χ2n) is 4.67. The van der Waals surface area contributed by atoms with Crippen LogP contribution in [0.5, 0.6) is 11.5 Å². The molecule has 2 rings (SSSR count). The average molecular weight is 258 g/mol. The second kappa shape index (κ2) is 6.12. The third-order valence-electron chi connectivity index (χ3n) is 3.53. The van der Waals surface area contributed by atoms with Crippen LogP contribution in [-0.4, -0.2) is 10.2 Å². The van der Waals surface area contributed by atoms with Gasteiger partial charge in [0, 0.05) is 11.6 Å². The van der Waals surface area contributed by atoms with Crippen molar-refractivity contribution in [3.8, 4) is 11.5 Å². The van der Waals surface area contributed by atoms with Gasteiger partial charge in [0.1, 0.15) is 11.5 Å². The van der Waals surface area contributed by atoms with Gasteiger partial charge in [0.05, 0.1) is 0 Å². The van der Waals surface area contributed by atoms with E-state index in [2.05, 4.69) is 0 Å². The lowest BCUT2D eigenvalue weighted by molar-refractivity contribution is 0.302. The molecule has 96 valence electrons. The fraction of sp³-hybridized carbons (Fsp3) is 0.538. The van der Waals surface area contributed by atoms with Crippen LogP contribution in [-0.2, 0) is 0 Å². The molecule has 0 amide bonds. The predicted molar refractivity (Wildman–Crippen MR) is 70.5 cm³/mol. The Bertz CT molecular complexity index is 364. The van der Waals surface area contributed by atoms with Crippen LogP contribution in [0.2, 0.25) is 0 Å². The molecule has 1 atom stereocenters. The highest BCUT2D eigenvalue weighted by molar-refractivity contribution is 5.85. The topological polar surface area (TPSA) is 66.5 Å². The molecule has 4 N–H and O–H groups in total. The van der Waals surface area contributed by atoms with Gasteiger partial charge in [-0.2, -0.15) is 0 Å². The molecule has 0 bridgehead atoms. The fourth-order valence-electron chi connectivity index (χ4n) is 2.56. The number of benzene rings is 1. The molecule has 0 heterocycles. The minimum absolute atomic E-state index is 0. The molecule has 1 aromatic rings. The summed E-state index contributed by atoms with van der Waals surface area (Å²) >= 11 is 0. The first-order valence-corrected chi connectivity index (χ1v) is 5.96. The Morgan fingerprint density at radius 2 is 1.76 bits per heavy atom. The molecule has 1 aromatic carbocycles. The van der Waals surface area contributed by atoms with Crippen LogP contribution in [0.15, 0.2) is 18.2 Å². The van der Waals surface area contributed by atoms with Gasteiger partial charge in [0.25, 0.3) is 0 Å². The summed E-state index contributed by atoms with van der Waals surface area (Å²) in [5, 5.41) is 19.2. The lowest BCUT2D eigenvalue weighted by atomic mass is 9.81. The van der Waals surface area contributed by atoms with Crippen molar-refractivity contribution in [3.63, 3.8) is 0 Å². The summed E-state index contributed by atoms with van der Waals surface area (Å²) in [6, 6.07) is 4.40. The Kier molecular flexibility index (Phi) is 5.09. The largest absolute Gasteiger partial charge is 0.508 e. The van der Waals surface area contributed by atoms with Crippen LogP contribution >= 0.6 is 12.4 Å². The molecule has 0 unspecified atom stereocenters. The maximum Gasteiger partial charge on any atom is 0.120 e. The number of hydrogen-bond donors (Lipinski definition) is 3. The number of halogens is 1. The van der Waals surface area contributed by atoms with Gasteiger partial charge in [-0.1, -0.05) is 19.3 Å². The molecule has 17 heavy (non-hydrogen) atoms. The van der Waals surface area contributed by atoms with Crippen LogP contribution in [0, 0.1) is 5.92 Å². The minimum Gasteiger partial charge on any atom is -0.508 e. The summed E-state index contributed by atoms with van der Waals surface area (Å²) < 4.78 is 0. The van der Waals surface area contributed by atoms with Gasteiger partial charge in [0.2, 0.25) is 0 Å². The first-order chi connectivity index (χ1) is 7.68. The van der Waals surface area contributed by atoms with Gasteiger partial charge in [0.15, 0.2) is 0 Å². The summed E-state index contributed by atoms with van der Waals surface area (Å²) in [6.07, 6.45) is 5.97. The van der Waals surface area contributed by atoms with Crippen molar-refractivity contribution >= 4 is 12.4 Å². The Hall–Kier alpha value is -0.930. The molecule has 1 saturated carbocycles. The van der Waals surface area contributed by atoms with E-state index in [1.807, 2.05) is 0 Å². The molecule has 0 aliphatic heterocycles. The summed E-state index contributed by atoms with van der Waals surface area (Å²) in [5.41, 5.74) is 6.84. The van der Waals surface area contributed by atoms with Crippen molar-refractivity contribution in [2.24, 2.45) is 11.7 Å². The van der Waals surface area contributed by atoms with Gasteiger partial charge in [-0.25, -0.2) is 0 Å². The van der Waals surface area contributed by atoms with Crippen molar-refractivity contribution in [3.05, 3.63) is 23.8 Å². The van der Waals surface area contributed by atoms with Gasteiger partial charge in [-0.3, -0.25) is 0 Å². The monoisotopic (exact) mass is 257 g/mol. The van der Waals surface area contributed by atoms with Gasteiger partial charge in [-0.05, 0) is 37.0 Å². The number of rotatable bonds is 2. The van der Waals surface area contributed by atoms with E-state index in [1.165, 1.54) is 31.4 Å². The lowest BCUT2D eigenvalue weighted by Crippen LogP contribution is -2.23. The molecular weight excluding hydrogens is 238 g/mol. The molecule has 0 spiro atoms. The van der Waals surface area contributed by atoms with Crippen LogP contribution in [0.3, 0.4) is 0 Å². The molecule has 0 aromatic heterocycles. The summed E-state index contributed by atoms with van der Waals surface area (Å²) in [6.45, 7) is 0. The van der Waals surface area contributed by atoms with E-state index in [0.717, 1.165) is 12.8 Å². The zero-order chi connectivity index (χ0) is 11.5. The Labute approximate surface area is 108 Å². The van der Waals surface area contributed by atoms with E-state index in [1.54, 1.807) is 6.07 Å². The molecule has 0 radical (unpaired) electrons. The zero-order valence-corrected chi connectivity index (χ0v) is 10.6. The summed E-state index contributed by atoms with van der Waals surface area (Å²) in [4.78, 5) is 0. The van der Waals surface area contributed by atoms with Crippen LogP contribution in [0.4, 0.5) is 0 Å². The molecular formula is C13H20ClNO2. The number of hydrogen-bond acceptors (Lipinski definition) is 3. The highest BCUT2D eigenvalue weighted by Gasteiger charge is 2.23. The Morgan fingerprint density at radius 3 is 2.41 bits per heavy atom. The number of nitrogens with two attached hydrogens (primary N) is 1. The highest BCUT2D eigenvalue weighted by atomic mass is 35.5. The fourth-order valence-corrected chi connectivity index (χ4v) is 2.56. The van der Waals surface area contributed by atoms with Crippen molar-refractivity contribution < 1.29 is 10.2 Å². The molecule has 3 nitrogen and oxygen atoms in total. The summed E-state index contributed by atoms with van der Waals surface area (Å²) in [5.74, 6) is 0.788. The molecule has 0 saturated heterocycles. The van der Waals surface area contributed by atoms with Gasteiger partial charge < -0.3 is 15.9 Å². The highest BCUT2D eigenvalue weighted by Crippen LogP contribution is 2.37. The first kappa shape index (κ1) is 14.1. The van der Waals surface area contributed by atoms with Crippen molar-refractivity contribution in [2.45, 2.75) is 38.1 Å². The third-order valence-corrected chi connectivity index (χ3v) is 3.53. The Morgan fingerprint density at radius 1 is 1.12 bits per heavy atom. The molecule has 1 aliphatic rings. The Balaban J connectivity index is 0.00000144. The van der Waals surface area contributed by atoms with E-state index in [-0.39, 0.29) is 29.9 Å². The number of aromatic hydroxyl groups is 2. The third kappa shape index (κ3) is 3.27. The van der Waals surface area contributed by atoms with Crippen molar-refractivity contribution in [1.82, 2.24) is 0 Å². The minimum atomic E-state index is -0.160. The van der Waals surface area contributed by atoms with Crippen LogP contribution in [0.25, 0.3) is 0 Å². The molecule has 4 heteroatoms. The standard InChI is InChI=1S/C13H19NO2.ClH/c14-13(9-4-2-1-3-5-9)11-8-10(15)6-7-12(11)16;/h6-9,13,15-16H,1-5,14H2;1H/t13-;/m0./s1.